The fourth-order valence-electron chi connectivity index (χ4n) is 12.5. The average Bonchev–Trinajstić information content (AvgIpc) is 1.59. The number of aldehydes is 1. The summed E-state index contributed by atoms with van der Waals surface area (Å²) < 4.78 is 38.3. The summed E-state index contributed by atoms with van der Waals surface area (Å²) in [5.41, 5.74) is 21.6. The molecule has 0 spiro atoms. The summed E-state index contributed by atoms with van der Waals surface area (Å²) in [6.45, 7) is 4.99. The standard InChI is InChI=1S/C20H19BrO3.2C12H13BrO4.C11H10N2O2.C11H12O2.C10H10O2.C9H9BrO.C8H11N.C8H8O.C3H4O4/c1-23-15-8-9-18(21)16(12-15)17-13-20(17,19(22)24-2)11-10-14-6-4-3-5-7-14;2*1-17-7-2-3-10(13)8(4-7)9-5-12(9,6-14)11(15)16;1-15-11(14)10(13-12)8-7-9-5-3-2-4-6-9;1-13-11(12)9-5-8-10-6-3-2-4-7-10;11-10(12)8-4-7-9-5-2-1-3-6-9;1-3-7-6-8(11-2)4-5-9(7)10;1-7(9)8-5-3-2-4-6-8;9-7-6-8-4-2-1-3-5-8;4-2(5)1-3(6)7/h3-12,17H,13H2,1-2H3;2*2-4,9,14H,5-6H2,1H3,(H,15,16);2-8H,1H3;2-8H,9H2,1H3;1-7H,8H2,(H,11,12);3-6H,1H2,2H3;2-7H,9H2,1H3;1-5,7H,6H2;1H2,(H,4,5)(H,6,7)/b11-10+;;;8-7+;8-5+;7-4+;;;;/t17-,20+;2*9-,12-;;;;;7-;;/m000....1../s1. The summed E-state index contributed by atoms with van der Waals surface area (Å²) in [5, 5.41) is 60.5. The number of hydrogen-bond donors (Lipinski definition) is 8. The van der Waals surface area contributed by atoms with Gasteiger partial charge in [-0.05, 0) is 161 Å². The molecule has 0 aliphatic heterocycles. The lowest BCUT2D eigenvalue weighted by molar-refractivity contribution is -0.148. The van der Waals surface area contributed by atoms with Gasteiger partial charge in [0.2, 0.25) is 0 Å². The maximum absolute atomic E-state index is 12.4. The van der Waals surface area contributed by atoms with Gasteiger partial charge in [-0.3, -0.25) is 33.6 Å². The van der Waals surface area contributed by atoms with Crippen molar-refractivity contribution in [3.05, 3.63) is 365 Å². The van der Waals surface area contributed by atoms with Crippen LogP contribution < -0.4 is 24.7 Å². The lowest BCUT2D eigenvalue weighted by Gasteiger charge is -2.13. The van der Waals surface area contributed by atoms with E-state index in [1.165, 1.54) is 33.0 Å². The number of ether oxygens (including phenoxy) is 7. The third-order valence-electron chi connectivity index (χ3n) is 20.2. The number of esters is 3. The Morgan fingerprint density at radius 2 is 0.828 bits per heavy atom. The SMILES string of the molecule is C=Cc1cc(OC)ccc1Br.COC(=O)C(/C=C/c1ccccc1)=[N+]=[N-].COC(=O)C/C=C/c1ccccc1.COC(=O)[C@]1(/C=C/c2ccccc2)C[C@H]1c1cc(OC)ccc1Br.COc1ccc(Br)c([C@@H]2C[C@@]2(CO)C(=O)O)c1.COc1ccc(Br)c([C@@H]2C[C@@]2(CO)C(=O)O)c1.C[C@@H](N)c1ccccc1.O=C(O)C/C=C/c1ccccc1.O=C(O)CC(=O)O.O=CCc1ccccc1. The van der Waals surface area contributed by atoms with Crippen LogP contribution in [0.4, 0.5) is 0 Å². The molecule has 9 N–H and O–H groups in total. The molecular formula is C104H109Br4N3O23. The van der Waals surface area contributed by atoms with E-state index >= 15 is 0 Å². The number of carbonyl (C=O) groups excluding carboxylic acids is 4. The summed E-state index contributed by atoms with van der Waals surface area (Å²) in [6.07, 6.45) is 18.6. The van der Waals surface area contributed by atoms with Crippen LogP contribution >= 0.6 is 63.7 Å². The van der Waals surface area contributed by atoms with Crippen LogP contribution in [0.2, 0.25) is 0 Å². The van der Waals surface area contributed by atoms with E-state index in [2.05, 4.69) is 84.6 Å². The van der Waals surface area contributed by atoms with Gasteiger partial charge in [0.1, 0.15) is 35.7 Å². The largest absolute Gasteiger partial charge is 0.497 e. The van der Waals surface area contributed by atoms with Crippen LogP contribution in [0.15, 0.2) is 304 Å². The van der Waals surface area contributed by atoms with E-state index in [1.807, 2.05) is 268 Å². The van der Waals surface area contributed by atoms with Crippen molar-refractivity contribution >= 4 is 154 Å². The van der Waals surface area contributed by atoms with Gasteiger partial charge in [-0.25, -0.2) is 4.79 Å². The number of nitrogens with two attached hydrogens (primary N) is 1. The lowest BCUT2D eigenvalue weighted by Crippen LogP contribution is -2.21. The minimum absolute atomic E-state index is 0.0781. The first-order chi connectivity index (χ1) is 64.2. The van der Waals surface area contributed by atoms with Gasteiger partial charge >= 0.3 is 53.5 Å². The number of hydrogen-bond acceptors (Lipinski definition) is 19. The quantitative estimate of drug-likeness (QED) is 0.00410. The molecule has 0 radical (unpaired) electrons. The first-order valence-corrected chi connectivity index (χ1v) is 44.4. The Morgan fingerprint density at radius 1 is 0.463 bits per heavy atom. The number of carboxylic acids is 5. The Bertz CT molecular complexity index is 5490. The van der Waals surface area contributed by atoms with Crippen molar-refractivity contribution < 1.29 is 117 Å². The Labute approximate surface area is 813 Å². The number of aliphatic carboxylic acids is 5. The zero-order valence-corrected chi connectivity index (χ0v) is 81.4. The first-order valence-electron chi connectivity index (χ1n) is 41.2. The van der Waals surface area contributed by atoms with E-state index in [0.717, 1.165) is 92.2 Å². The summed E-state index contributed by atoms with van der Waals surface area (Å²) >= 11 is 13.8. The van der Waals surface area contributed by atoms with E-state index in [4.69, 9.17) is 60.5 Å². The highest BCUT2D eigenvalue weighted by molar-refractivity contribution is 9.11. The van der Waals surface area contributed by atoms with Crippen LogP contribution in [0.1, 0.15) is 125 Å². The molecule has 0 aromatic heterocycles. The Hall–Kier alpha value is -13.3. The summed E-state index contributed by atoms with van der Waals surface area (Å²) in [5.74, 6) is -3.64. The van der Waals surface area contributed by atoms with Crippen molar-refractivity contribution in [2.75, 3.05) is 63.0 Å². The maximum atomic E-state index is 12.4. The zero-order valence-electron chi connectivity index (χ0n) is 75.0. The third kappa shape index (κ3) is 38.9. The van der Waals surface area contributed by atoms with Crippen molar-refractivity contribution in [1.29, 1.82) is 0 Å². The van der Waals surface area contributed by atoms with Crippen LogP contribution in [0.3, 0.4) is 0 Å². The Kier molecular flexibility index (Phi) is 51.2. The number of carboxylic acid groups (broad SMARTS) is 5. The van der Waals surface area contributed by atoms with Crippen LogP contribution in [-0.2, 0) is 63.8 Å². The predicted octanol–water partition coefficient (Wildman–Crippen LogP) is 20.6. The predicted molar refractivity (Wildman–Crippen MR) is 530 cm³/mol. The van der Waals surface area contributed by atoms with Gasteiger partial charge in [0, 0.05) is 54.2 Å². The highest BCUT2D eigenvalue weighted by atomic mass is 79.9. The van der Waals surface area contributed by atoms with E-state index in [0.29, 0.717) is 37.2 Å². The van der Waals surface area contributed by atoms with Gasteiger partial charge in [0.25, 0.3) is 0 Å². The molecule has 30 heteroatoms. The molecule has 3 fully saturated rings. The number of carbonyl (C=O) groups is 9. The monoisotopic (exact) mass is 2080 g/mol. The fourth-order valence-corrected chi connectivity index (χ4v) is 14.4. The van der Waals surface area contributed by atoms with E-state index < -0.39 is 58.5 Å². The molecular weight excluding hydrogens is 1980 g/mol. The number of nitrogens with zero attached hydrogens (tertiary/aromatic N) is 2. The molecule has 706 valence electrons. The number of rotatable bonds is 29. The molecule has 3 saturated carbocycles. The maximum Gasteiger partial charge on any atom is 0.421 e. The van der Waals surface area contributed by atoms with Crippen LogP contribution in [0.5, 0.6) is 23.0 Å². The molecule has 10 aromatic carbocycles. The number of methoxy groups -OCH3 is 7. The molecule has 134 heavy (non-hydrogen) atoms. The highest BCUT2D eigenvalue weighted by Gasteiger charge is 2.63. The fraction of sp³-hybridized carbons (Fsp3) is 0.231. The van der Waals surface area contributed by atoms with Gasteiger partial charge in [0.05, 0.1) is 92.1 Å². The van der Waals surface area contributed by atoms with Crippen LogP contribution in [-0.4, -0.2) is 163 Å². The molecule has 0 bridgehead atoms. The first kappa shape index (κ1) is 113. The van der Waals surface area contributed by atoms with Crippen LogP contribution in [0.25, 0.3) is 35.9 Å². The number of benzene rings is 10. The molecule has 0 amide bonds. The van der Waals surface area contributed by atoms with Crippen molar-refractivity contribution in [2.45, 2.75) is 75.7 Å². The van der Waals surface area contributed by atoms with Gasteiger partial charge in [-0.1, -0.05) is 295 Å². The van der Waals surface area contributed by atoms with Crippen molar-refractivity contribution in [3.63, 3.8) is 0 Å². The van der Waals surface area contributed by atoms with Crippen molar-refractivity contribution in [1.82, 2.24) is 0 Å². The van der Waals surface area contributed by atoms with E-state index in [-0.39, 0.29) is 61.1 Å². The number of aliphatic hydroxyl groups excluding tert-OH is 2. The smallest absolute Gasteiger partial charge is 0.421 e. The van der Waals surface area contributed by atoms with Crippen molar-refractivity contribution in [3.8, 4) is 23.0 Å². The van der Waals surface area contributed by atoms with Gasteiger partial charge < -0.3 is 85.0 Å². The molecule has 10 aromatic rings. The Balaban J connectivity index is 0.000000317. The number of halogens is 4. The molecule has 3 aliphatic carbocycles. The molecule has 0 unspecified atom stereocenters. The second kappa shape index (κ2) is 60.7. The van der Waals surface area contributed by atoms with Gasteiger partial charge in [-0.15, -0.1) is 0 Å². The zero-order chi connectivity index (χ0) is 99.2. The molecule has 0 saturated heterocycles. The van der Waals surface area contributed by atoms with Crippen molar-refractivity contribution in [2.24, 2.45) is 22.0 Å². The molecule has 3 aliphatic rings. The minimum atomic E-state index is -1.31. The topological polar surface area (TPSA) is 422 Å². The molecule has 7 atom stereocenters. The molecule has 0 heterocycles. The molecule has 13 rings (SSSR count). The minimum Gasteiger partial charge on any atom is -0.497 e. The Morgan fingerprint density at radius 3 is 1.14 bits per heavy atom. The van der Waals surface area contributed by atoms with Gasteiger partial charge in [-0.2, -0.15) is 4.79 Å². The van der Waals surface area contributed by atoms with Crippen LogP contribution in [0, 0.1) is 16.2 Å². The van der Waals surface area contributed by atoms with E-state index in [1.54, 1.807) is 71.0 Å². The summed E-state index contributed by atoms with van der Waals surface area (Å²) in [4.78, 5) is 98.3. The third-order valence-corrected chi connectivity index (χ3v) is 23.1. The second-order valence-electron chi connectivity index (χ2n) is 29.3. The summed E-state index contributed by atoms with van der Waals surface area (Å²) in [6, 6.07) is 81.1. The highest BCUT2D eigenvalue weighted by Crippen LogP contribution is 2.64. The molecule has 26 nitrogen and oxygen atoms in total. The number of aliphatic hydroxyl groups is 2. The van der Waals surface area contributed by atoms with E-state index in [9.17, 15) is 53.4 Å². The normalized spacial score (nSPS) is 16.4. The average molecular weight is 2090 g/mol. The lowest BCUT2D eigenvalue weighted by atomic mass is 9.97. The van der Waals surface area contributed by atoms with Gasteiger partial charge in [0.15, 0.2) is 0 Å². The summed E-state index contributed by atoms with van der Waals surface area (Å²) in [7, 11) is 10.5. The second-order valence-corrected chi connectivity index (χ2v) is 32.7.